The van der Waals surface area contributed by atoms with E-state index in [0.717, 1.165) is 18.1 Å². The van der Waals surface area contributed by atoms with Gasteiger partial charge in [0.05, 0.1) is 0 Å². The van der Waals surface area contributed by atoms with Gasteiger partial charge in [-0.2, -0.15) is 0 Å². The third-order valence-electron chi connectivity index (χ3n) is 1.93. The summed E-state index contributed by atoms with van der Waals surface area (Å²) in [5, 5.41) is 0.836. The third kappa shape index (κ3) is 7.37. The minimum absolute atomic E-state index is 0. The second-order valence-corrected chi connectivity index (χ2v) is 5.83. The Hall–Kier alpha value is 1.43. The Balaban J connectivity index is -0.000000480. The van der Waals surface area contributed by atoms with E-state index in [2.05, 4.69) is 0 Å². The molecule has 13 heavy (non-hydrogen) atoms. The van der Waals surface area contributed by atoms with Gasteiger partial charge in [-0.25, -0.2) is 0 Å². The van der Waals surface area contributed by atoms with Crippen LogP contribution in [0, 0.1) is 0 Å². The third-order valence-corrected chi connectivity index (χ3v) is 4.93. The Morgan fingerprint density at radius 1 is 1.54 bits per heavy atom. The first-order valence-electron chi connectivity index (χ1n) is 4.35. The van der Waals surface area contributed by atoms with Crippen LogP contribution in [-0.2, 0) is 4.79 Å². The second-order valence-electron chi connectivity index (χ2n) is 3.04. The molecule has 0 radical (unpaired) electrons. The van der Waals surface area contributed by atoms with Gasteiger partial charge in [0.15, 0.2) is 0 Å². The van der Waals surface area contributed by atoms with Crippen molar-refractivity contribution < 1.29 is 7.65 Å². The van der Waals surface area contributed by atoms with Crippen LogP contribution in [0.3, 0.4) is 0 Å². The molecule has 1 fully saturated rings. The number of hydrogen-bond acceptors (Lipinski definition) is 3. The molecular weight excluding hydrogens is 230 g/mol. The zero-order chi connectivity index (χ0) is 8.81. The normalized spacial score (nSPS) is 21.1. The quantitative estimate of drug-likeness (QED) is 0.459. The molecule has 0 aromatic heterocycles. The Morgan fingerprint density at radius 3 is 2.85 bits per heavy atom. The van der Waals surface area contributed by atoms with E-state index in [1.54, 1.807) is 0 Å². The van der Waals surface area contributed by atoms with Gasteiger partial charge in [-0.1, -0.05) is 28.0 Å². The molecule has 1 rings (SSSR count). The van der Waals surface area contributed by atoms with E-state index < -0.39 is 0 Å². The molecular formula is C8H17CaNOS2. The molecule has 1 amide bonds. The maximum absolute atomic E-state index is 10.4. The van der Waals surface area contributed by atoms with Gasteiger partial charge in [-0.15, -0.1) is 0 Å². The maximum atomic E-state index is 10.4. The smallest absolute Gasteiger partial charge is 1.00 e. The van der Waals surface area contributed by atoms with Gasteiger partial charge in [0, 0.05) is 17.4 Å². The van der Waals surface area contributed by atoms with Crippen LogP contribution in [0.15, 0.2) is 0 Å². The fourth-order valence-electron chi connectivity index (χ4n) is 1.24. The molecule has 0 spiro atoms. The van der Waals surface area contributed by atoms with Gasteiger partial charge in [-0.05, 0) is 19.3 Å². The molecule has 0 aliphatic carbocycles. The number of amides is 1. The first-order valence-corrected chi connectivity index (χ1v) is 6.74. The van der Waals surface area contributed by atoms with Crippen molar-refractivity contribution in [3.63, 3.8) is 0 Å². The van der Waals surface area contributed by atoms with Crippen molar-refractivity contribution in [2.24, 2.45) is 5.73 Å². The van der Waals surface area contributed by atoms with Crippen LogP contribution in [-0.4, -0.2) is 54.6 Å². The minimum Gasteiger partial charge on any atom is -1.00 e. The number of rotatable bonds is 5. The Kier molecular flexibility index (Phi) is 9.67. The molecule has 1 heterocycles. The average molecular weight is 247 g/mol. The number of primary amides is 1. The SMILES string of the molecule is NC(=O)CCCCC1CCSS1.[Ca+2].[H-].[H-]. The average Bonchev–Trinajstić information content (AvgIpc) is 2.49. The summed E-state index contributed by atoms with van der Waals surface area (Å²) in [4.78, 5) is 10.4. The molecule has 1 aliphatic heterocycles. The van der Waals surface area contributed by atoms with Gasteiger partial charge in [0.2, 0.25) is 5.91 Å². The van der Waals surface area contributed by atoms with Crippen LogP contribution in [0.25, 0.3) is 0 Å². The fourth-order valence-corrected chi connectivity index (χ4v) is 4.26. The van der Waals surface area contributed by atoms with E-state index in [9.17, 15) is 4.79 Å². The van der Waals surface area contributed by atoms with Gasteiger partial charge < -0.3 is 8.59 Å². The van der Waals surface area contributed by atoms with Crippen molar-refractivity contribution >= 4 is 65.2 Å². The van der Waals surface area contributed by atoms with Gasteiger partial charge in [0.25, 0.3) is 0 Å². The molecule has 2 N–H and O–H groups in total. The molecule has 74 valence electrons. The molecule has 0 bridgehead atoms. The van der Waals surface area contributed by atoms with E-state index in [4.69, 9.17) is 5.73 Å². The molecule has 1 atom stereocenters. The summed E-state index contributed by atoms with van der Waals surface area (Å²) in [7, 11) is 3.97. The summed E-state index contributed by atoms with van der Waals surface area (Å²) in [6.45, 7) is 0. The van der Waals surface area contributed by atoms with Crippen LogP contribution in [0.5, 0.6) is 0 Å². The van der Waals surface area contributed by atoms with Crippen LogP contribution < -0.4 is 5.73 Å². The first-order chi connectivity index (χ1) is 5.79. The maximum Gasteiger partial charge on any atom is 2.00 e. The number of carbonyl (C=O) groups is 1. The topological polar surface area (TPSA) is 43.1 Å². The van der Waals surface area contributed by atoms with Crippen LogP contribution in [0.2, 0.25) is 0 Å². The van der Waals surface area contributed by atoms with Crippen LogP contribution >= 0.6 is 21.6 Å². The van der Waals surface area contributed by atoms with Gasteiger partial charge in [-0.3, -0.25) is 4.79 Å². The van der Waals surface area contributed by atoms with Crippen molar-refractivity contribution in [3.8, 4) is 0 Å². The van der Waals surface area contributed by atoms with Gasteiger partial charge >= 0.3 is 37.7 Å². The summed E-state index contributed by atoms with van der Waals surface area (Å²) in [6.07, 6.45) is 5.28. The molecule has 1 saturated heterocycles. The van der Waals surface area contributed by atoms with Gasteiger partial charge in [0.1, 0.15) is 0 Å². The largest absolute Gasteiger partial charge is 2.00 e. The molecule has 1 aliphatic rings. The summed E-state index contributed by atoms with van der Waals surface area (Å²) >= 11 is 0. The van der Waals surface area contributed by atoms with E-state index in [-0.39, 0.29) is 46.5 Å². The van der Waals surface area contributed by atoms with E-state index in [1.807, 2.05) is 21.6 Å². The molecule has 0 aromatic rings. The van der Waals surface area contributed by atoms with E-state index in [1.165, 1.54) is 18.6 Å². The Morgan fingerprint density at radius 2 is 2.31 bits per heavy atom. The summed E-state index contributed by atoms with van der Waals surface area (Å²) in [5.74, 6) is 1.13. The van der Waals surface area contributed by atoms with Crippen molar-refractivity contribution in [1.29, 1.82) is 0 Å². The monoisotopic (exact) mass is 247 g/mol. The second kappa shape index (κ2) is 8.72. The van der Waals surface area contributed by atoms with E-state index in [0.29, 0.717) is 6.42 Å². The fraction of sp³-hybridized carbons (Fsp3) is 0.875. The number of unbranched alkanes of at least 4 members (excludes halogenated alkanes) is 1. The van der Waals surface area contributed by atoms with Crippen molar-refractivity contribution in [1.82, 2.24) is 0 Å². The number of nitrogens with two attached hydrogens (primary N) is 1. The summed E-state index contributed by atoms with van der Waals surface area (Å²) in [6, 6.07) is 0. The zero-order valence-corrected chi connectivity index (χ0v) is 11.7. The summed E-state index contributed by atoms with van der Waals surface area (Å²) < 4.78 is 0. The Labute approximate surface area is 121 Å². The molecule has 1 unspecified atom stereocenters. The summed E-state index contributed by atoms with van der Waals surface area (Å²) in [5.41, 5.74) is 5.04. The molecule has 5 heteroatoms. The number of carbonyl (C=O) groups excluding carboxylic acids is 1. The van der Waals surface area contributed by atoms with Crippen molar-refractivity contribution in [2.75, 3.05) is 5.75 Å². The van der Waals surface area contributed by atoms with E-state index >= 15 is 0 Å². The standard InChI is InChI=1S/C8H15NOS2.Ca.2H/c9-8(10)4-2-1-3-7-5-6-11-12-7;;;/h7H,1-6H2,(H2,9,10);;;/q;+2;2*-1. The molecule has 0 saturated carbocycles. The van der Waals surface area contributed by atoms with Crippen molar-refractivity contribution in [2.45, 2.75) is 37.4 Å². The number of hydrogen-bond donors (Lipinski definition) is 1. The minimum atomic E-state index is -0.163. The van der Waals surface area contributed by atoms with Crippen molar-refractivity contribution in [3.05, 3.63) is 0 Å². The van der Waals surface area contributed by atoms with Crippen LogP contribution in [0.4, 0.5) is 0 Å². The predicted molar refractivity (Wildman–Crippen MR) is 64.1 cm³/mol. The molecule has 2 nitrogen and oxygen atoms in total. The zero-order valence-electron chi connectivity index (χ0n) is 9.83. The molecule has 0 aromatic carbocycles. The first kappa shape index (κ1) is 14.4. The predicted octanol–water partition coefficient (Wildman–Crippen LogP) is 2.03. The van der Waals surface area contributed by atoms with Crippen LogP contribution in [0.1, 0.15) is 35.0 Å². The Bertz CT molecular complexity index is 160.